The molecule has 1 aromatic carbocycles. The Bertz CT molecular complexity index is 856. The molecular weight excluding hydrogens is 342 g/mol. The second-order valence-electron chi connectivity index (χ2n) is 5.70. The molecule has 1 aromatic heterocycles. The highest BCUT2D eigenvalue weighted by Gasteiger charge is 2.18. The van der Waals surface area contributed by atoms with E-state index in [4.69, 9.17) is 26.4 Å². The van der Waals surface area contributed by atoms with Crippen LogP contribution < -0.4 is 20.3 Å². The van der Waals surface area contributed by atoms with Crippen LogP contribution in [0.15, 0.2) is 29.1 Å². The Morgan fingerprint density at radius 3 is 2.84 bits per heavy atom. The summed E-state index contributed by atoms with van der Waals surface area (Å²) in [7, 11) is 3.18. The lowest BCUT2D eigenvalue weighted by atomic mass is 10.1. The zero-order chi connectivity index (χ0) is 17.8. The van der Waals surface area contributed by atoms with Gasteiger partial charge in [0, 0.05) is 30.8 Å². The number of hydrogen-bond donors (Lipinski definition) is 2. The van der Waals surface area contributed by atoms with Gasteiger partial charge in [0.2, 0.25) is 0 Å². The summed E-state index contributed by atoms with van der Waals surface area (Å²) in [5, 5.41) is 3.30. The van der Waals surface area contributed by atoms with Gasteiger partial charge in [0.05, 0.1) is 39.2 Å². The molecule has 2 aromatic rings. The first-order chi connectivity index (χ1) is 12.1. The maximum atomic E-state index is 12.0. The van der Waals surface area contributed by atoms with Crippen LogP contribution in [0, 0.1) is 4.77 Å². The van der Waals surface area contributed by atoms with E-state index in [2.05, 4.69) is 10.3 Å². The number of aromatic nitrogens is 2. The normalized spacial score (nSPS) is 17.3. The predicted molar refractivity (Wildman–Crippen MR) is 97.0 cm³/mol. The van der Waals surface area contributed by atoms with Crippen molar-refractivity contribution < 1.29 is 14.2 Å². The standard InChI is InChI=1S/C17H21N3O4S/c1-22-11-3-4-13(15(7-11)23-2)14-8-16(21)19-17(25)20(14)10-12-9-18-5-6-24-12/h3-4,7-8,12,18H,5-6,9-10H2,1-2H3,(H,19,21,25). The number of nitrogens with zero attached hydrogens (tertiary/aromatic N) is 1. The third kappa shape index (κ3) is 3.92. The summed E-state index contributed by atoms with van der Waals surface area (Å²) < 4.78 is 18.7. The summed E-state index contributed by atoms with van der Waals surface area (Å²) >= 11 is 5.39. The molecule has 0 bridgehead atoms. The number of ether oxygens (including phenoxy) is 3. The van der Waals surface area contributed by atoms with Gasteiger partial charge in [-0.3, -0.25) is 9.78 Å². The minimum Gasteiger partial charge on any atom is -0.497 e. The smallest absolute Gasteiger partial charge is 0.252 e. The van der Waals surface area contributed by atoms with Gasteiger partial charge in [-0.25, -0.2) is 0 Å². The van der Waals surface area contributed by atoms with Gasteiger partial charge in [-0.15, -0.1) is 0 Å². The first-order valence-corrected chi connectivity index (χ1v) is 8.42. The molecule has 25 heavy (non-hydrogen) atoms. The van der Waals surface area contributed by atoms with E-state index in [1.807, 2.05) is 16.7 Å². The molecule has 8 heteroatoms. The lowest BCUT2D eigenvalue weighted by Crippen LogP contribution is -2.41. The SMILES string of the molecule is COc1ccc(-c2cc(=O)[nH]c(=S)n2CC2CNCCO2)c(OC)c1. The fraction of sp³-hybridized carbons (Fsp3) is 0.412. The third-order valence-corrected chi connectivity index (χ3v) is 4.43. The molecule has 1 atom stereocenters. The van der Waals surface area contributed by atoms with Gasteiger partial charge in [0.15, 0.2) is 4.77 Å². The van der Waals surface area contributed by atoms with Crippen LogP contribution in [0.25, 0.3) is 11.3 Å². The van der Waals surface area contributed by atoms with E-state index >= 15 is 0 Å². The third-order valence-electron chi connectivity index (χ3n) is 4.11. The highest BCUT2D eigenvalue weighted by atomic mass is 32.1. The molecule has 7 nitrogen and oxygen atoms in total. The molecular formula is C17H21N3O4S. The Hall–Kier alpha value is -2.16. The molecule has 1 fully saturated rings. The number of aromatic amines is 1. The molecule has 0 amide bonds. The van der Waals surface area contributed by atoms with Crippen molar-refractivity contribution >= 4 is 12.2 Å². The van der Waals surface area contributed by atoms with E-state index < -0.39 is 0 Å². The van der Waals surface area contributed by atoms with Crippen LogP contribution in [0.4, 0.5) is 0 Å². The van der Waals surface area contributed by atoms with E-state index in [-0.39, 0.29) is 11.7 Å². The molecule has 0 spiro atoms. The van der Waals surface area contributed by atoms with Gasteiger partial charge in [-0.05, 0) is 24.4 Å². The first-order valence-electron chi connectivity index (χ1n) is 8.01. The molecule has 0 aliphatic carbocycles. The van der Waals surface area contributed by atoms with Crippen LogP contribution in [-0.2, 0) is 11.3 Å². The van der Waals surface area contributed by atoms with Gasteiger partial charge in [-0.2, -0.15) is 0 Å². The van der Waals surface area contributed by atoms with Crippen LogP contribution in [0.5, 0.6) is 11.5 Å². The van der Waals surface area contributed by atoms with E-state index in [1.54, 1.807) is 20.3 Å². The number of H-pyrrole nitrogens is 1. The summed E-state index contributed by atoms with van der Waals surface area (Å²) in [5.74, 6) is 1.28. The van der Waals surface area contributed by atoms with Crippen molar-refractivity contribution in [2.24, 2.45) is 0 Å². The van der Waals surface area contributed by atoms with Crippen LogP contribution in [0.3, 0.4) is 0 Å². The lowest BCUT2D eigenvalue weighted by Gasteiger charge is -2.26. The Balaban J connectivity index is 2.09. The largest absolute Gasteiger partial charge is 0.497 e. The quantitative estimate of drug-likeness (QED) is 0.786. The van der Waals surface area contributed by atoms with Gasteiger partial charge < -0.3 is 24.1 Å². The van der Waals surface area contributed by atoms with Crippen LogP contribution >= 0.6 is 12.2 Å². The zero-order valence-electron chi connectivity index (χ0n) is 14.2. The van der Waals surface area contributed by atoms with E-state index in [1.165, 1.54) is 6.07 Å². The Morgan fingerprint density at radius 2 is 2.16 bits per heavy atom. The predicted octanol–water partition coefficient (Wildman–Crippen LogP) is 1.58. The highest BCUT2D eigenvalue weighted by molar-refractivity contribution is 7.71. The summed E-state index contributed by atoms with van der Waals surface area (Å²) in [6.45, 7) is 2.77. The van der Waals surface area contributed by atoms with Crippen molar-refractivity contribution in [1.82, 2.24) is 14.9 Å². The average molecular weight is 363 g/mol. The lowest BCUT2D eigenvalue weighted by molar-refractivity contribution is 0.0180. The second kappa shape index (κ2) is 7.81. The van der Waals surface area contributed by atoms with Gasteiger partial charge in [0.25, 0.3) is 5.56 Å². The molecule has 1 unspecified atom stereocenters. The van der Waals surface area contributed by atoms with Gasteiger partial charge in [0.1, 0.15) is 11.5 Å². The molecule has 1 saturated heterocycles. The van der Waals surface area contributed by atoms with Crippen molar-refractivity contribution in [2.75, 3.05) is 33.9 Å². The summed E-state index contributed by atoms with van der Waals surface area (Å²) in [6, 6.07) is 6.99. The number of nitrogens with one attached hydrogen (secondary N) is 2. The molecule has 1 aliphatic rings. The number of morpholine rings is 1. The summed E-state index contributed by atoms with van der Waals surface area (Å²) in [5.41, 5.74) is 1.20. The zero-order valence-corrected chi connectivity index (χ0v) is 15.0. The van der Waals surface area contributed by atoms with Crippen molar-refractivity contribution in [3.63, 3.8) is 0 Å². The van der Waals surface area contributed by atoms with Crippen molar-refractivity contribution in [3.8, 4) is 22.8 Å². The first kappa shape index (κ1) is 17.7. The molecule has 0 saturated carbocycles. The number of benzene rings is 1. The second-order valence-corrected chi connectivity index (χ2v) is 6.08. The average Bonchev–Trinajstić information content (AvgIpc) is 2.64. The van der Waals surface area contributed by atoms with Crippen molar-refractivity contribution in [1.29, 1.82) is 0 Å². The summed E-state index contributed by atoms with van der Waals surface area (Å²) in [4.78, 5) is 14.7. The van der Waals surface area contributed by atoms with Crippen LogP contribution in [0.2, 0.25) is 0 Å². The van der Waals surface area contributed by atoms with Crippen LogP contribution in [0.1, 0.15) is 0 Å². The fourth-order valence-electron chi connectivity index (χ4n) is 2.88. The number of hydrogen-bond acceptors (Lipinski definition) is 6. The maximum absolute atomic E-state index is 12.0. The Morgan fingerprint density at radius 1 is 1.32 bits per heavy atom. The molecule has 1 aliphatic heterocycles. The minimum atomic E-state index is -0.253. The summed E-state index contributed by atoms with van der Waals surface area (Å²) in [6.07, 6.45) is -0.0191. The monoisotopic (exact) mass is 363 g/mol. The van der Waals surface area contributed by atoms with E-state index in [0.717, 1.165) is 18.7 Å². The number of methoxy groups -OCH3 is 2. The fourth-order valence-corrected chi connectivity index (χ4v) is 3.15. The highest BCUT2D eigenvalue weighted by Crippen LogP contribution is 2.33. The van der Waals surface area contributed by atoms with Crippen LogP contribution in [-0.4, -0.2) is 49.6 Å². The molecule has 0 radical (unpaired) electrons. The molecule has 2 heterocycles. The van der Waals surface area contributed by atoms with Crippen molar-refractivity contribution in [2.45, 2.75) is 12.6 Å². The minimum absolute atomic E-state index is 0.0191. The van der Waals surface area contributed by atoms with E-state index in [9.17, 15) is 4.79 Å². The Labute approximate surface area is 150 Å². The van der Waals surface area contributed by atoms with Gasteiger partial charge in [-0.1, -0.05) is 0 Å². The maximum Gasteiger partial charge on any atom is 0.252 e. The number of rotatable bonds is 5. The van der Waals surface area contributed by atoms with Gasteiger partial charge >= 0.3 is 0 Å². The van der Waals surface area contributed by atoms with Crippen molar-refractivity contribution in [3.05, 3.63) is 39.4 Å². The molecule has 3 rings (SSSR count). The topological polar surface area (TPSA) is 77.5 Å². The Kier molecular flexibility index (Phi) is 5.52. The van der Waals surface area contributed by atoms with E-state index in [0.29, 0.717) is 35.1 Å². The molecule has 134 valence electrons. The molecule has 2 N–H and O–H groups in total.